The smallest absolute Gasteiger partial charge is 0.321 e. The van der Waals surface area contributed by atoms with Crippen molar-refractivity contribution in [1.82, 2.24) is 15.3 Å². The molecule has 8 heteroatoms. The first-order valence-corrected chi connectivity index (χ1v) is 10.4. The van der Waals surface area contributed by atoms with Crippen LogP contribution in [0.3, 0.4) is 0 Å². The van der Waals surface area contributed by atoms with Gasteiger partial charge in [-0.25, -0.2) is 14.4 Å². The summed E-state index contributed by atoms with van der Waals surface area (Å²) in [6.45, 7) is 0.300. The number of hydrogen-bond donors (Lipinski definition) is 1. The number of aromatic nitrogens is 2. The maximum absolute atomic E-state index is 13.0. The zero-order valence-corrected chi connectivity index (χ0v) is 18.6. The van der Waals surface area contributed by atoms with Crippen molar-refractivity contribution in [3.8, 4) is 34.4 Å². The van der Waals surface area contributed by atoms with Gasteiger partial charge in [-0.3, -0.25) is 4.79 Å². The number of nitrogens with one attached hydrogen (secondary N) is 1. The molecule has 0 aliphatic carbocycles. The SMILES string of the molecule is COc1ccc(CNC(=O)c2cccc(-c3cnc(Oc4ccc(F)cc4)nc3)c2)c(OC)c1. The average molecular weight is 459 g/mol. The Morgan fingerprint density at radius 3 is 2.32 bits per heavy atom. The molecule has 1 aromatic heterocycles. The minimum atomic E-state index is -0.351. The molecular weight excluding hydrogens is 437 g/mol. The minimum absolute atomic E-state index is 0.137. The highest BCUT2D eigenvalue weighted by Gasteiger charge is 2.11. The molecule has 1 amide bonds. The van der Waals surface area contributed by atoms with Crippen molar-refractivity contribution in [2.75, 3.05) is 14.2 Å². The normalized spacial score (nSPS) is 10.4. The van der Waals surface area contributed by atoms with E-state index in [-0.39, 0.29) is 17.7 Å². The molecule has 1 heterocycles. The van der Waals surface area contributed by atoms with Gasteiger partial charge in [-0.2, -0.15) is 0 Å². The van der Waals surface area contributed by atoms with Crippen molar-refractivity contribution < 1.29 is 23.4 Å². The Morgan fingerprint density at radius 2 is 1.62 bits per heavy atom. The van der Waals surface area contributed by atoms with Gasteiger partial charge in [-0.15, -0.1) is 0 Å². The van der Waals surface area contributed by atoms with Crippen molar-refractivity contribution in [2.45, 2.75) is 6.54 Å². The summed E-state index contributed by atoms with van der Waals surface area (Å²) < 4.78 is 29.1. The molecule has 7 nitrogen and oxygen atoms in total. The molecule has 0 unspecified atom stereocenters. The van der Waals surface area contributed by atoms with Gasteiger partial charge in [0.1, 0.15) is 23.1 Å². The van der Waals surface area contributed by atoms with Gasteiger partial charge in [-0.05, 0) is 54.1 Å². The molecule has 0 saturated carbocycles. The third-order valence-corrected chi connectivity index (χ3v) is 5.04. The topological polar surface area (TPSA) is 82.6 Å². The number of benzene rings is 3. The lowest BCUT2D eigenvalue weighted by atomic mass is 10.1. The second-order valence-electron chi connectivity index (χ2n) is 7.25. The number of hydrogen-bond acceptors (Lipinski definition) is 6. The number of carbonyl (C=O) groups is 1. The van der Waals surface area contributed by atoms with E-state index in [4.69, 9.17) is 14.2 Å². The number of rotatable bonds is 8. The molecule has 3 aromatic carbocycles. The van der Waals surface area contributed by atoms with E-state index in [9.17, 15) is 9.18 Å². The first-order valence-electron chi connectivity index (χ1n) is 10.4. The lowest BCUT2D eigenvalue weighted by molar-refractivity contribution is 0.0950. The van der Waals surface area contributed by atoms with Crippen molar-refractivity contribution in [2.24, 2.45) is 0 Å². The van der Waals surface area contributed by atoms with Gasteiger partial charge in [0.2, 0.25) is 0 Å². The van der Waals surface area contributed by atoms with Crippen molar-refractivity contribution >= 4 is 5.91 Å². The van der Waals surface area contributed by atoms with Crippen LogP contribution < -0.4 is 19.5 Å². The van der Waals surface area contributed by atoms with Crippen LogP contribution in [-0.4, -0.2) is 30.1 Å². The lowest BCUT2D eigenvalue weighted by Crippen LogP contribution is -2.23. The summed E-state index contributed by atoms with van der Waals surface area (Å²) in [4.78, 5) is 21.2. The molecule has 0 bridgehead atoms. The summed E-state index contributed by atoms with van der Waals surface area (Å²) in [5.74, 6) is 1.17. The number of methoxy groups -OCH3 is 2. The molecule has 4 rings (SSSR count). The molecule has 0 fully saturated rings. The van der Waals surface area contributed by atoms with Crippen LogP contribution in [0.2, 0.25) is 0 Å². The van der Waals surface area contributed by atoms with Gasteiger partial charge in [0.25, 0.3) is 5.91 Å². The summed E-state index contributed by atoms with van der Waals surface area (Å²) >= 11 is 0. The molecule has 0 radical (unpaired) electrons. The molecule has 0 atom stereocenters. The van der Waals surface area contributed by atoms with Crippen LogP contribution >= 0.6 is 0 Å². The minimum Gasteiger partial charge on any atom is -0.497 e. The number of nitrogens with zero attached hydrogens (tertiary/aromatic N) is 2. The summed E-state index contributed by atoms with van der Waals surface area (Å²) in [7, 11) is 3.15. The van der Waals surface area contributed by atoms with Gasteiger partial charge in [-0.1, -0.05) is 12.1 Å². The van der Waals surface area contributed by atoms with Crippen LogP contribution in [0.1, 0.15) is 15.9 Å². The first-order chi connectivity index (χ1) is 16.6. The zero-order valence-electron chi connectivity index (χ0n) is 18.6. The monoisotopic (exact) mass is 459 g/mol. The largest absolute Gasteiger partial charge is 0.497 e. The molecule has 0 aliphatic rings. The van der Waals surface area contributed by atoms with E-state index >= 15 is 0 Å². The first kappa shape index (κ1) is 22.7. The van der Waals surface area contributed by atoms with Crippen LogP contribution in [0.15, 0.2) is 79.1 Å². The van der Waals surface area contributed by atoms with E-state index in [0.29, 0.717) is 29.4 Å². The second kappa shape index (κ2) is 10.4. The summed E-state index contributed by atoms with van der Waals surface area (Å²) in [5.41, 5.74) is 2.83. The average Bonchev–Trinajstić information content (AvgIpc) is 2.89. The number of halogens is 1. The molecule has 0 aliphatic heterocycles. The van der Waals surface area contributed by atoms with Gasteiger partial charge in [0.05, 0.1) is 14.2 Å². The molecule has 1 N–H and O–H groups in total. The summed E-state index contributed by atoms with van der Waals surface area (Å²) in [5, 5.41) is 2.91. The van der Waals surface area contributed by atoms with Crippen LogP contribution in [0.25, 0.3) is 11.1 Å². The van der Waals surface area contributed by atoms with Crippen molar-refractivity contribution in [3.63, 3.8) is 0 Å². The van der Waals surface area contributed by atoms with E-state index in [1.165, 1.54) is 24.3 Å². The van der Waals surface area contributed by atoms with Crippen LogP contribution in [0.4, 0.5) is 4.39 Å². The Labute approximate surface area is 196 Å². The predicted molar refractivity (Wildman–Crippen MR) is 125 cm³/mol. The molecule has 4 aromatic rings. The summed E-state index contributed by atoms with van der Waals surface area (Å²) in [6, 6.07) is 18.3. The number of carbonyl (C=O) groups excluding carboxylic acids is 1. The third-order valence-electron chi connectivity index (χ3n) is 5.04. The van der Waals surface area contributed by atoms with E-state index in [1.807, 2.05) is 18.2 Å². The predicted octanol–water partition coefficient (Wildman–Crippen LogP) is 5.02. The Hall–Kier alpha value is -4.46. The highest BCUT2D eigenvalue weighted by atomic mass is 19.1. The zero-order chi connectivity index (χ0) is 23.9. The van der Waals surface area contributed by atoms with Crippen LogP contribution in [0.5, 0.6) is 23.3 Å². The molecule has 0 spiro atoms. The van der Waals surface area contributed by atoms with Crippen molar-refractivity contribution in [3.05, 3.63) is 96.1 Å². The highest BCUT2D eigenvalue weighted by molar-refractivity contribution is 5.95. The van der Waals surface area contributed by atoms with E-state index in [0.717, 1.165) is 16.7 Å². The van der Waals surface area contributed by atoms with Crippen molar-refractivity contribution in [1.29, 1.82) is 0 Å². The fourth-order valence-electron chi connectivity index (χ4n) is 3.24. The van der Waals surface area contributed by atoms with Gasteiger partial charge < -0.3 is 19.5 Å². The lowest BCUT2D eigenvalue weighted by Gasteiger charge is -2.12. The Bertz CT molecular complexity index is 1280. The van der Waals surface area contributed by atoms with Gasteiger partial charge >= 0.3 is 6.01 Å². The van der Waals surface area contributed by atoms with E-state index in [1.54, 1.807) is 50.9 Å². The van der Waals surface area contributed by atoms with Gasteiger partial charge in [0, 0.05) is 41.7 Å². The Morgan fingerprint density at radius 1 is 0.882 bits per heavy atom. The number of ether oxygens (including phenoxy) is 3. The number of amides is 1. The Kier molecular flexibility index (Phi) is 6.98. The quantitative estimate of drug-likeness (QED) is 0.398. The van der Waals surface area contributed by atoms with E-state index in [2.05, 4.69) is 15.3 Å². The maximum Gasteiger partial charge on any atom is 0.321 e. The fraction of sp³-hybridized carbons (Fsp3) is 0.115. The standard InChI is InChI=1S/C26H22FN3O4/c1-32-23-9-6-19(24(13-23)33-2)14-28-25(31)18-5-3-4-17(12-18)20-15-29-26(30-16-20)34-22-10-7-21(27)8-11-22/h3-13,15-16H,14H2,1-2H3,(H,28,31). The van der Waals surface area contributed by atoms with Crippen LogP contribution in [-0.2, 0) is 6.54 Å². The van der Waals surface area contributed by atoms with Gasteiger partial charge in [0.15, 0.2) is 0 Å². The third kappa shape index (κ3) is 5.47. The summed E-state index contributed by atoms with van der Waals surface area (Å²) in [6.07, 6.45) is 3.20. The van der Waals surface area contributed by atoms with Crippen LogP contribution in [0, 0.1) is 5.82 Å². The second-order valence-corrected chi connectivity index (χ2v) is 7.25. The maximum atomic E-state index is 13.0. The molecular formula is C26H22FN3O4. The fourth-order valence-corrected chi connectivity index (χ4v) is 3.24. The molecule has 172 valence electrons. The Balaban J connectivity index is 1.43. The highest BCUT2D eigenvalue weighted by Crippen LogP contribution is 2.25. The van der Waals surface area contributed by atoms with E-state index < -0.39 is 0 Å². The molecule has 0 saturated heterocycles. The molecule has 34 heavy (non-hydrogen) atoms.